The van der Waals surface area contributed by atoms with Crippen LogP contribution in [-0.2, 0) is 4.74 Å². The second kappa shape index (κ2) is 6.25. The molecule has 0 aliphatic heterocycles. The van der Waals surface area contributed by atoms with E-state index < -0.39 is 5.97 Å². The summed E-state index contributed by atoms with van der Waals surface area (Å²) in [5, 5.41) is 3.55. The van der Waals surface area contributed by atoms with Crippen molar-refractivity contribution in [2.24, 2.45) is 0 Å². The first kappa shape index (κ1) is 14.1. The van der Waals surface area contributed by atoms with Crippen molar-refractivity contribution in [1.29, 1.82) is 0 Å². The molecule has 2 rings (SSSR count). The zero-order valence-electron chi connectivity index (χ0n) is 11.0. The predicted molar refractivity (Wildman–Crippen MR) is 76.9 cm³/mol. The number of hydrogen-bond acceptors (Lipinski definition) is 5. The minimum absolute atomic E-state index is 0.351. The molecule has 2 aromatic rings. The van der Waals surface area contributed by atoms with E-state index in [4.69, 9.17) is 21.1 Å². The van der Waals surface area contributed by atoms with Crippen molar-refractivity contribution in [3.05, 3.63) is 47.1 Å². The van der Waals surface area contributed by atoms with Gasteiger partial charge < -0.3 is 14.8 Å². The van der Waals surface area contributed by atoms with Crippen molar-refractivity contribution >= 4 is 29.1 Å². The summed E-state index contributed by atoms with van der Waals surface area (Å²) in [6.07, 6.45) is 1.59. The number of aromatic nitrogens is 1. The zero-order valence-corrected chi connectivity index (χ0v) is 11.8. The monoisotopic (exact) mass is 292 g/mol. The Bertz CT molecular complexity index is 632. The first-order valence-electron chi connectivity index (χ1n) is 5.79. The van der Waals surface area contributed by atoms with Gasteiger partial charge in [-0.2, -0.15) is 0 Å². The molecule has 5 nitrogen and oxygen atoms in total. The molecule has 6 heteroatoms. The van der Waals surface area contributed by atoms with Gasteiger partial charge in [0, 0.05) is 18.0 Å². The molecule has 104 valence electrons. The fourth-order valence-corrected chi connectivity index (χ4v) is 1.85. The normalized spacial score (nSPS) is 9.95. The number of carbonyl (C=O) groups is 1. The van der Waals surface area contributed by atoms with Crippen LogP contribution in [0.5, 0.6) is 5.75 Å². The van der Waals surface area contributed by atoms with Crippen LogP contribution in [0.15, 0.2) is 36.5 Å². The Kier molecular flexibility index (Phi) is 4.42. The Morgan fingerprint density at radius 3 is 2.80 bits per heavy atom. The Morgan fingerprint density at radius 1 is 1.30 bits per heavy atom. The highest BCUT2D eigenvalue weighted by molar-refractivity contribution is 6.32. The highest BCUT2D eigenvalue weighted by atomic mass is 35.5. The summed E-state index contributed by atoms with van der Waals surface area (Å²) in [5.74, 6) is 0.484. The third-order valence-electron chi connectivity index (χ3n) is 2.63. The van der Waals surface area contributed by atoms with Gasteiger partial charge in [0.15, 0.2) is 0 Å². The molecule has 0 spiro atoms. The first-order valence-corrected chi connectivity index (χ1v) is 6.17. The maximum atomic E-state index is 11.7. The van der Waals surface area contributed by atoms with Crippen LogP contribution in [0.3, 0.4) is 0 Å². The molecule has 0 amide bonds. The molecule has 20 heavy (non-hydrogen) atoms. The first-order chi connectivity index (χ1) is 9.65. The van der Waals surface area contributed by atoms with Crippen molar-refractivity contribution in [3.63, 3.8) is 0 Å². The van der Waals surface area contributed by atoms with E-state index in [0.29, 0.717) is 27.8 Å². The van der Waals surface area contributed by atoms with E-state index in [9.17, 15) is 4.79 Å². The molecule has 0 aliphatic rings. The van der Waals surface area contributed by atoms with Crippen molar-refractivity contribution in [2.45, 2.75) is 0 Å². The lowest BCUT2D eigenvalue weighted by Crippen LogP contribution is -2.07. The van der Waals surface area contributed by atoms with Gasteiger partial charge in [0.25, 0.3) is 0 Å². The van der Waals surface area contributed by atoms with Crippen LogP contribution in [0.2, 0.25) is 5.02 Å². The summed E-state index contributed by atoms with van der Waals surface area (Å²) >= 11 is 5.96. The molecule has 0 atom stereocenters. The largest absolute Gasteiger partial charge is 0.495 e. The Balaban J connectivity index is 2.33. The van der Waals surface area contributed by atoms with Crippen LogP contribution >= 0.6 is 11.6 Å². The van der Waals surface area contributed by atoms with E-state index >= 15 is 0 Å². The molecule has 0 radical (unpaired) electrons. The summed E-state index contributed by atoms with van der Waals surface area (Å²) in [5.41, 5.74) is 1.05. The van der Waals surface area contributed by atoms with E-state index in [-0.39, 0.29) is 0 Å². The minimum atomic E-state index is -0.457. The summed E-state index contributed by atoms with van der Waals surface area (Å²) < 4.78 is 9.85. The average Bonchev–Trinajstić information content (AvgIpc) is 2.49. The van der Waals surface area contributed by atoms with Gasteiger partial charge in [0.2, 0.25) is 0 Å². The highest BCUT2D eigenvalue weighted by Gasteiger charge is 2.13. The molecule has 1 N–H and O–H groups in total. The third kappa shape index (κ3) is 3.00. The number of halogens is 1. The zero-order chi connectivity index (χ0) is 14.5. The number of ether oxygens (including phenoxy) is 2. The Labute approximate surface area is 121 Å². The van der Waals surface area contributed by atoms with Crippen molar-refractivity contribution in [2.75, 3.05) is 19.5 Å². The van der Waals surface area contributed by atoms with Crippen molar-refractivity contribution < 1.29 is 14.3 Å². The molecule has 1 heterocycles. The van der Waals surface area contributed by atoms with Crippen LogP contribution < -0.4 is 10.1 Å². The molecular weight excluding hydrogens is 280 g/mol. The molecule has 0 unspecified atom stereocenters. The maximum absolute atomic E-state index is 11.7. The number of nitrogens with zero attached hydrogens (tertiary/aromatic N) is 1. The molecule has 0 bridgehead atoms. The summed E-state index contributed by atoms with van der Waals surface area (Å²) in [6, 6.07) is 8.48. The maximum Gasteiger partial charge on any atom is 0.341 e. The minimum Gasteiger partial charge on any atom is -0.495 e. The number of pyridine rings is 1. The SMILES string of the molecule is COC(=O)c1cccnc1Nc1ccc(Cl)c(OC)c1. The molecule has 1 aromatic heterocycles. The molecule has 0 saturated carbocycles. The summed E-state index contributed by atoms with van der Waals surface area (Å²) in [6.45, 7) is 0. The second-order valence-corrected chi connectivity index (χ2v) is 4.27. The number of hydrogen-bond donors (Lipinski definition) is 1. The molecule has 0 aliphatic carbocycles. The van der Waals surface area contributed by atoms with Gasteiger partial charge >= 0.3 is 5.97 Å². The van der Waals surface area contributed by atoms with Gasteiger partial charge in [-0.1, -0.05) is 11.6 Å². The van der Waals surface area contributed by atoms with Gasteiger partial charge in [-0.25, -0.2) is 9.78 Å². The number of rotatable bonds is 4. The summed E-state index contributed by atoms with van der Waals surface area (Å²) in [7, 11) is 2.86. The number of carbonyl (C=O) groups excluding carboxylic acids is 1. The van der Waals surface area contributed by atoms with Crippen LogP contribution in [0, 0.1) is 0 Å². The van der Waals surface area contributed by atoms with Gasteiger partial charge in [-0.3, -0.25) is 0 Å². The smallest absolute Gasteiger partial charge is 0.341 e. The fraction of sp³-hybridized carbons (Fsp3) is 0.143. The van der Waals surface area contributed by atoms with Crippen LogP contribution in [0.1, 0.15) is 10.4 Å². The van der Waals surface area contributed by atoms with E-state index in [1.54, 1.807) is 36.5 Å². The van der Waals surface area contributed by atoms with Gasteiger partial charge in [-0.05, 0) is 24.3 Å². The van der Waals surface area contributed by atoms with Crippen LogP contribution in [0.4, 0.5) is 11.5 Å². The van der Waals surface area contributed by atoms with Crippen molar-refractivity contribution in [1.82, 2.24) is 4.98 Å². The van der Waals surface area contributed by atoms with Crippen molar-refractivity contribution in [3.8, 4) is 5.75 Å². The number of benzene rings is 1. The molecule has 0 fully saturated rings. The fourth-order valence-electron chi connectivity index (χ4n) is 1.65. The van der Waals surface area contributed by atoms with E-state index in [0.717, 1.165) is 0 Å². The Morgan fingerprint density at radius 2 is 2.10 bits per heavy atom. The van der Waals surface area contributed by atoms with Gasteiger partial charge in [0.05, 0.1) is 19.2 Å². The number of methoxy groups -OCH3 is 2. The van der Waals surface area contributed by atoms with E-state index in [1.165, 1.54) is 14.2 Å². The lowest BCUT2D eigenvalue weighted by molar-refractivity contribution is 0.0601. The third-order valence-corrected chi connectivity index (χ3v) is 2.94. The quantitative estimate of drug-likeness (QED) is 0.876. The number of nitrogens with one attached hydrogen (secondary N) is 1. The lowest BCUT2D eigenvalue weighted by Gasteiger charge is -2.11. The number of esters is 1. The van der Waals surface area contributed by atoms with Gasteiger partial charge in [-0.15, -0.1) is 0 Å². The predicted octanol–water partition coefficient (Wildman–Crippen LogP) is 3.27. The number of anilines is 2. The van der Waals surface area contributed by atoms with Crippen LogP contribution in [0.25, 0.3) is 0 Å². The lowest BCUT2D eigenvalue weighted by atomic mass is 10.2. The topological polar surface area (TPSA) is 60.5 Å². The highest BCUT2D eigenvalue weighted by Crippen LogP contribution is 2.29. The van der Waals surface area contributed by atoms with E-state index in [1.807, 2.05) is 0 Å². The standard InChI is InChI=1S/C14H13ClN2O3/c1-19-12-8-9(5-6-11(12)15)17-13-10(14(18)20-2)4-3-7-16-13/h3-8H,1-2H3,(H,16,17). The van der Waals surface area contributed by atoms with Gasteiger partial charge in [0.1, 0.15) is 17.1 Å². The molecule has 1 aromatic carbocycles. The van der Waals surface area contributed by atoms with Crippen LogP contribution in [-0.4, -0.2) is 25.2 Å². The average molecular weight is 293 g/mol. The summed E-state index contributed by atoms with van der Waals surface area (Å²) in [4.78, 5) is 15.8. The molecular formula is C14H13ClN2O3. The molecule has 0 saturated heterocycles. The van der Waals surface area contributed by atoms with E-state index in [2.05, 4.69) is 10.3 Å². The second-order valence-electron chi connectivity index (χ2n) is 3.87. The Hall–Kier alpha value is -2.27.